The summed E-state index contributed by atoms with van der Waals surface area (Å²) in [6.07, 6.45) is 0. The van der Waals surface area contributed by atoms with Crippen molar-refractivity contribution in [3.05, 3.63) is 65.7 Å². The summed E-state index contributed by atoms with van der Waals surface area (Å²) in [7, 11) is 0. The Labute approximate surface area is 123 Å². The summed E-state index contributed by atoms with van der Waals surface area (Å²) in [5.41, 5.74) is 1.10. The quantitative estimate of drug-likeness (QED) is 0.465. The highest BCUT2D eigenvalue weighted by atomic mass is 16.6. The maximum absolute atomic E-state index is 12.4. The molecule has 0 saturated heterocycles. The Morgan fingerprint density at radius 1 is 0.905 bits per heavy atom. The second-order valence-electron chi connectivity index (χ2n) is 4.38. The van der Waals surface area contributed by atoms with Crippen LogP contribution in [0.5, 0.6) is 5.75 Å². The van der Waals surface area contributed by atoms with Crippen LogP contribution in [0, 0.1) is 0 Å². The van der Waals surface area contributed by atoms with Gasteiger partial charge in [0.2, 0.25) is 0 Å². The number of esters is 1. The van der Waals surface area contributed by atoms with E-state index < -0.39 is 0 Å². The zero-order chi connectivity index (χ0) is 15.1. The van der Waals surface area contributed by atoms with Gasteiger partial charge in [0.15, 0.2) is 5.78 Å². The molecule has 0 atom stereocenters. The van der Waals surface area contributed by atoms with Crippen molar-refractivity contribution in [1.82, 2.24) is 0 Å². The van der Waals surface area contributed by atoms with Crippen LogP contribution < -0.4 is 4.74 Å². The highest BCUT2D eigenvalue weighted by Crippen LogP contribution is 2.21. The third-order valence-corrected chi connectivity index (χ3v) is 2.81. The zero-order valence-corrected chi connectivity index (χ0v) is 11.7. The molecule has 4 heteroatoms. The van der Waals surface area contributed by atoms with Gasteiger partial charge in [0.05, 0.1) is 5.56 Å². The third-order valence-electron chi connectivity index (χ3n) is 2.81. The van der Waals surface area contributed by atoms with Crippen LogP contribution in [0.4, 0.5) is 0 Å². The van der Waals surface area contributed by atoms with E-state index in [0.29, 0.717) is 16.9 Å². The van der Waals surface area contributed by atoms with Gasteiger partial charge in [0, 0.05) is 12.5 Å². The smallest absolute Gasteiger partial charge is 0.302 e. The van der Waals surface area contributed by atoms with Crippen molar-refractivity contribution in [3.8, 4) is 5.75 Å². The number of ether oxygens (including phenoxy) is 2. The highest BCUT2D eigenvalue weighted by molar-refractivity contribution is 6.10. The summed E-state index contributed by atoms with van der Waals surface area (Å²) in [6, 6.07) is 16.0. The summed E-state index contributed by atoms with van der Waals surface area (Å²) < 4.78 is 10.3. The maximum atomic E-state index is 12.4. The van der Waals surface area contributed by atoms with Crippen LogP contribution in [0.1, 0.15) is 22.8 Å². The molecule has 2 aromatic carbocycles. The van der Waals surface area contributed by atoms with Crippen molar-refractivity contribution in [2.75, 3.05) is 13.2 Å². The third kappa shape index (κ3) is 4.18. The van der Waals surface area contributed by atoms with Gasteiger partial charge in [-0.25, -0.2) is 0 Å². The Balaban J connectivity index is 2.10. The van der Waals surface area contributed by atoms with E-state index in [1.807, 2.05) is 18.2 Å². The van der Waals surface area contributed by atoms with Crippen LogP contribution in [-0.2, 0) is 9.53 Å². The summed E-state index contributed by atoms with van der Waals surface area (Å²) in [4.78, 5) is 23.1. The molecular formula is C17H16O4. The lowest BCUT2D eigenvalue weighted by molar-refractivity contribution is -0.141. The van der Waals surface area contributed by atoms with Crippen LogP contribution in [0.3, 0.4) is 0 Å². The van der Waals surface area contributed by atoms with Crippen LogP contribution in [-0.4, -0.2) is 25.0 Å². The Hall–Kier alpha value is -2.62. The monoisotopic (exact) mass is 284 g/mol. The first-order valence-electron chi connectivity index (χ1n) is 6.63. The van der Waals surface area contributed by atoms with Gasteiger partial charge in [0.1, 0.15) is 19.0 Å². The molecule has 0 unspecified atom stereocenters. The first-order valence-corrected chi connectivity index (χ1v) is 6.63. The minimum Gasteiger partial charge on any atom is -0.489 e. The van der Waals surface area contributed by atoms with Crippen LogP contribution in [0.2, 0.25) is 0 Å². The van der Waals surface area contributed by atoms with Crippen molar-refractivity contribution in [1.29, 1.82) is 0 Å². The molecule has 0 radical (unpaired) electrons. The standard InChI is InChI=1S/C17H16O4/c1-13(18)20-11-12-21-16-10-6-5-9-15(16)17(19)14-7-3-2-4-8-14/h2-10H,11-12H2,1H3. The average molecular weight is 284 g/mol. The minimum absolute atomic E-state index is 0.0984. The number of carbonyl (C=O) groups excluding carboxylic acids is 2. The molecule has 2 aromatic rings. The van der Waals surface area contributed by atoms with Crippen LogP contribution in [0.15, 0.2) is 54.6 Å². The second kappa shape index (κ2) is 7.24. The zero-order valence-electron chi connectivity index (χ0n) is 11.7. The second-order valence-corrected chi connectivity index (χ2v) is 4.38. The number of rotatable bonds is 6. The van der Waals surface area contributed by atoms with Gasteiger partial charge in [-0.2, -0.15) is 0 Å². The molecular weight excluding hydrogens is 268 g/mol. The molecule has 2 rings (SSSR count). The lowest BCUT2D eigenvalue weighted by atomic mass is 10.0. The Morgan fingerprint density at radius 2 is 1.57 bits per heavy atom. The van der Waals surface area contributed by atoms with Gasteiger partial charge in [-0.05, 0) is 12.1 Å². The van der Waals surface area contributed by atoms with Gasteiger partial charge < -0.3 is 9.47 Å². The summed E-state index contributed by atoms with van der Waals surface area (Å²) in [5, 5.41) is 0. The summed E-state index contributed by atoms with van der Waals surface area (Å²) in [6.45, 7) is 1.70. The largest absolute Gasteiger partial charge is 0.489 e. The molecule has 0 amide bonds. The van der Waals surface area contributed by atoms with E-state index in [1.165, 1.54) is 6.92 Å². The van der Waals surface area contributed by atoms with E-state index >= 15 is 0 Å². The van der Waals surface area contributed by atoms with Gasteiger partial charge >= 0.3 is 5.97 Å². The fraction of sp³-hybridized carbons (Fsp3) is 0.176. The van der Waals surface area contributed by atoms with Crippen molar-refractivity contribution in [3.63, 3.8) is 0 Å². The SMILES string of the molecule is CC(=O)OCCOc1ccccc1C(=O)c1ccccc1. The van der Waals surface area contributed by atoms with Gasteiger partial charge in [-0.15, -0.1) is 0 Å². The van der Waals surface area contributed by atoms with Crippen molar-refractivity contribution >= 4 is 11.8 Å². The van der Waals surface area contributed by atoms with Gasteiger partial charge in [0.25, 0.3) is 0 Å². The van der Waals surface area contributed by atoms with E-state index in [0.717, 1.165) is 0 Å². The summed E-state index contributed by atoms with van der Waals surface area (Å²) in [5.74, 6) is 0.0319. The predicted molar refractivity (Wildman–Crippen MR) is 78.4 cm³/mol. The fourth-order valence-corrected chi connectivity index (χ4v) is 1.86. The van der Waals surface area contributed by atoms with E-state index in [1.54, 1.807) is 36.4 Å². The first kappa shape index (κ1) is 14.8. The Kier molecular flexibility index (Phi) is 5.10. The molecule has 0 bridgehead atoms. The number of para-hydroxylation sites is 1. The number of hydrogen-bond donors (Lipinski definition) is 0. The number of benzene rings is 2. The van der Waals surface area contributed by atoms with Crippen molar-refractivity contribution in [2.45, 2.75) is 6.92 Å². The molecule has 0 aliphatic carbocycles. The van der Waals surface area contributed by atoms with Crippen molar-refractivity contribution in [2.24, 2.45) is 0 Å². The molecule has 4 nitrogen and oxygen atoms in total. The highest BCUT2D eigenvalue weighted by Gasteiger charge is 2.13. The number of carbonyl (C=O) groups is 2. The topological polar surface area (TPSA) is 52.6 Å². The predicted octanol–water partition coefficient (Wildman–Crippen LogP) is 2.86. The van der Waals surface area contributed by atoms with E-state index in [4.69, 9.17) is 9.47 Å². The molecule has 0 heterocycles. The van der Waals surface area contributed by atoms with E-state index in [2.05, 4.69) is 0 Å². The van der Waals surface area contributed by atoms with Crippen molar-refractivity contribution < 1.29 is 19.1 Å². The van der Waals surface area contributed by atoms with E-state index in [-0.39, 0.29) is 25.0 Å². The number of hydrogen-bond acceptors (Lipinski definition) is 4. The summed E-state index contributed by atoms with van der Waals surface area (Å²) >= 11 is 0. The lowest BCUT2D eigenvalue weighted by Gasteiger charge is -2.10. The normalized spacial score (nSPS) is 9.95. The first-order chi connectivity index (χ1) is 10.2. The van der Waals surface area contributed by atoms with Crippen LogP contribution in [0.25, 0.3) is 0 Å². The van der Waals surface area contributed by atoms with Gasteiger partial charge in [-0.1, -0.05) is 42.5 Å². The number of ketones is 1. The fourth-order valence-electron chi connectivity index (χ4n) is 1.86. The molecule has 0 aromatic heterocycles. The van der Waals surface area contributed by atoms with Gasteiger partial charge in [-0.3, -0.25) is 9.59 Å². The Morgan fingerprint density at radius 3 is 2.29 bits per heavy atom. The molecule has 108 valence electrons. The molecule has 0 fully saturated rings. The average Bonchev–Trinajstić information content (AvgIpc) is 2.52. The molecule has 0 aliphatic heterocycles. The van der Waals surface area contributed by atoms with Crippen LogP contribution >= 0.6 is 0 Å². The molecule has 0 saturated carbocycles. The van der Waals surface area contributed by atoms with E-state index in [9.17, 15) is 9.59 Å². The lowest BCUT2D eigenvalue weighted by Crippen LogP contribution is -2.11. The minimum atomic E-state index is -0.354. The molecule has 0 N–H and O–H groups in total. The molecule has 0 spiro atoms. The Bertz CT molecular complexity index is 620. The molecule has 0 aliphatic rings. The maximum Gasteiger partial charge on any atom is 0.302 e. The molecule has 21 heavy (non-hydrogen) atoms.